The van der Waals surface area contributed by atoms with Gasteiger partial charge in [-0.15, -0.1) is 0 Å². The standard InChI is InChI=1S/C20H33N3O2/c1-4-21-19(23-16-20(10-5-11-20)12-13-24-2)22-14-17-6-8-18(9-7-17)15-25-3/h6-9H,4-5,10-16H2,1-3H3,(H2,21,22,23). The van der Waals surface area contributed by atoms with Crippen LogP contribution in [0.5, 0.6) is 0 Å². The summed E-state index contributed by atoms with van der Waals surface area (Å²) >= 11 is 0. The number of rotatable bonds is 10. The Kier molecular flexibility index (Phi) is 8.22. The van der Waals surface area contributed by atoms with Crippen LogP contribution in [-0.2, 0) is 22.6 Å². The van der Waals surface area contributed by atoms with Crippen LogP contribution in [0.25, 0.3) is 0 Å². The first kappa shape index (κ1) is 19.7. The van der Waals surface area contributed by atoms with Crippen molar-refractivity contribution in [2.24, 2.45) is 10.4 Å². The van der Waals surface area contributed by atoms with E-state index in [1.165, 1.54) is 30.4 Å². The minimum atomic E-state index is 0.383. The number of benzene rings is 1. The fraction of sp³-hybridized carbons (Fsp3) is 0.650. The first-order valence-electron chi connectivity index (χ1n) is 9.29. The maximum absolute atomic E-state index is 5.28. The summed E-state index contributed by atoms with van der Waals surface area (Å²) in [7, 11) is 3.50. The second kappa shape index (κ2) is 10.4. The Morgan fingerprint density at radius 3 is 2.36 bits per heavy atom. The van der Waals surface area contributed by atoms with Crippen molar-refractivity contribution < 1.29 is 9.47 Å². The summed E-state index contributed by atoms with van der Waals surface area (Å²) in [5, 5.41) is 6.89. The van der Waals surface area contributed by atoms with Crippen LogP contribution in [0.3, 0.4) is 0 Å². The molecule has 1 aromatic rings. The van der Waals surface area contributed by atoms with E-state index in [-0.39, 0.29) is 0 Å². The molecule has 140 valence electrons. The van der Waals surface area contributed by atoms with Gasteiger partial charge < -0.3 is 20.1 Å². The molecule has 0 unspecified atom stereocenters. The van der Waals surface area contributed by atoms with Crippen LogP contribution in [-0.4, -0.2) is 39.9 Å². The molecule has 1 saturated carbocycles. The molecule has 0 spiro atoms. The molecule has 5 nitrogen and oxygen atoms in total. The third-order valence-corrected chi connectivity index (χ3v) is 4.98. The van der Waals surface area contributed by atoms with Crippen LogP contribution in [0.2, 0.25) is 0 Å². The number of nitrogens with zero attached hydrogens (tertiary/aromatic N) is 1. The van der Waals surface area contributed by atoms with Crippen molar-refractivity contribution in [2.45, 2.75) is 45.8 Å². The minimum Gasteiger partial charge on any atom is -0.385 e. The fourth-order valence-corrected chi connectivity index (χ4v) is 3.20. The molecule has 1 aromatic carbocycles. The highest BCUT2D eigenvalue weighted by Gasteiger charge is 2.36. The predicted molar refractivity (Wildman–Crippen MR) is 103 cm³/mol. The molecule has 0 aliphatic heterocycles. The molecule has 1 aliphatic carbocycles. The normalized spacial score (nSPS) is 16.4. The third-order valence-electron chi connectivity index (χ3n) is 4.98. The van der Waals surface area contributed by atoms with Gasteiger partial charge in [0.2, 0.25) is 0 Å². The lowest BCUT2D eigenvalue weighted by atomic mass is 9.67. The minimum absolute atomic E-state index is 0.383. The first-order chi connectivity index (χ1) is 12.2. The van der Waals surface area contributed by atoms with E-state index in [2.05, 4.69) is 41.8 Å². The quantitative estimate of drug-likeness (QED) is 0.504. The van der Waals surface area contributed by atoms with Gasteiger partial charge in [0.25, 0.3) is 0 Å². The van der Waals surface area contributed by atoms with Gasteiger partial charge in [-0.3, -0.25) is 0 Å². The molecule has 2 N–H and O–H groups in total. The van der Waals surface area contributed by atoms with Crippen molar-refractivity contribution in [3.8, 4) is 0 Å². The second-order valence-electron chi connectivity index (χ2n) is 6.89. The lowest BCUT2D eigenvalue weighted by molar-refractivity contribution is 0.0732. The number of aliphatic imine (C=N–C) groups is 1. The van der Waals surface area contributed by atoms with E-state index in [4.69, 9.17) is 14.5 Å². The zero-order valence-electron chi connectivity index (χ0n) is 15.9. The highest BCUT2D eigenvalue weighted by atomic mass is 16.5. The average molecular weight is 348 g/mol. The van der Waals surface area contributed by atoms with Crippen molar-refractivity contribution >= 4 is 5.96 Å². The van der Waals surface area contributed by atoms with E-state index in [9.17, 15) is 0 Å². The monoisotopic (exact) mass is 347 g/mol. The van der Waals surface area contributed by atoms with Crippen LogP contribution < -0.4 is 10.6 Å². The Bertz CT molecular complexity index is 524. The molecule has 0 atom stereocenters. The van der Waals surface area contributed by atoms with Gasteiger partial charge in [-0.25, -0.2) is 4.99 Å². The molecule has 1 fully saturated rings. The van der Waals surface area contributed by atoms with E-state index in [1.54, 1.807) is 14.2 Å². The SMILES string of the molecule is CCNC(=NCc1ccc(COC)cc1)NCC1(CCOC)CCC1. The van der Waals surface area contributed by atoms with Gasteiger partial charge in [-0.1, -0.05) is 30.7 Å². The Balaban J connectivity index is 1.89. The molecule has 0 heterocycles. The number of hydrogen-bond donors (Lipinski definition) is 2. The van der Waals surface area contributed by atoms with Gasteiger partial charge in [0.05, 0.1) is 13.2 Å². The second-order valence-corrected chi connectivity index (χ2v) is 6.89. The number of hydrogen-bond acceptors (Lipinski definition) is 3. The lowest BCUT2D eigenvalue weighted by Gasteiger charge is -2.42. The Morgan fingerprint density at radius 1 is 1.08 bits per heavy atom. The van der Waals surface area contributed by atoms with Gasteiger partial charge in [0.15, 0.2) is 5.96 Å². The van der Waals surface area contributed by atoms with Gasteiger partial charge in [0, 0.05) is 33.9 Å². The fourth-order valence-electron chi connectivity index (χ4n) is 3.20. The Labute approximate surface area is 152 Å². The van der Waals surface area contributed by atoms with Gasteiger partial charge in [-0.05, 0) is 42.7 Å². The predicted octanol–water partition coefficient (Wildman–Crippen LogP) is 3.09. The van der Waals surface area contributed by atoms with Crippen molar-refractivity contribution in [2.75, 3.05) is 33.9 Å². The van der Waals surface area contributed by atoms with E-state index in [0.717, 1.165) is 32.1 Å². The summed E-state index contributed by atoms with van der Waals surface area (Å²) in [5.74, 6) is 0.896. The molecule has 2 rings (SSSR count). The van der Waals surface area contributed by atoms with Crippen LogP contribution in [0.1, 0.15) is 43.7 Å². The van der Waals surface area contributed by atoms with Crippen molar-refractivity contribution in [1.29, 1.82) is 0 Å². The summed E-state index contributed by atoms with van der Waals surface area (Å²) in [6.07, 6.45) is 5.01. The van der Waals surface area contributed by atoms with Gasteiger partial charge >= 0.3 is 0 Å². The zero-order chi connectivity index (χ0) is 18.0. The van der Waals surface area contributed by atoms with E-state index in [0.29, 0.717) is 18.6 Å². The molecular formula is C20H33N3O2. The topological polar surface area (TPSA) is 54.9 Å². The summed E-state index contributed by atoms with van der Waals surface area (Å²) in [4.78, 5) is 4.73. The van der Waals surface area contributed by atoms with Crippen LogP contribution in [0, 0.1) is 5.41 Å². The smallest absolute Gasteiger partial charge is 0.191 e. The van der Waals surface area contributed by atoms with Crippen LogP contribution >= 0.6 is 0 Å². The van der Waals surface area contributed by atoms with Crippen LogP contribution in [0.4, 0.5) is 0 Å². The van der Waals surface area contributed by atoms with Crippen molar-refractivity contribution in [3.63, 3.8) is 0 Å². The number of nitrogens with one attached hydrogen (secondary N) is 2. The summed E-state index contributed by atoms with van der Waals surface area (Å²) < 4.78 is 10.4. The zero-order valence-corrected chi connectivity index (χ0v) is 15.9. The summed E-state index contributed by atoms with van der Waals surface area (Å²) in [5.41, 5.74) is 2.77. The molecular weight excluding hydrogens is 314 g/mol. The van der Waals surface area contributed by atoms with Crippen molar-refractivity contribution in [3.05, 3.63) is 35.4 Å². The lowest BCUT2D eigenvalue weighted by Crippen LogP contribution is -2.46. The molecule has 0 amide bonds. The molecule has 0 aromatic heterocycles. The van der Waals surface area contributed by atoms with E-state index < -0.39 is 0 Å². The molecule has 25 heavy (non-hydrogen) atoms. The van der Waals surface area contributed by atoms with Crippen molar-refractivity contribution in [1.82, 2.24) is 10.6 Å². The molecule has 0 radical (unpaired) electrons. The molecule has 0 bridgehead atoms. The molecule has 1 aliphatic rings. The Hall–Kier alpha value is -1.59. The highest BCUT2D eigenvalue weighted by molar-refractivity contribution is 5.79. The number of guanidine groups is 1. The van der Waals surface area contributed by atoms with E-state index in [1.807, 2.05) is 0 Å². The highest BCUT2D eigenvalue weighted by Crippen LogP contribution is 2.43. The molecule has 0 saturated heterocycles. The summed E-state index contributed by atoms with van der Waals surface area (Å²) in [6, 6.07) is 8.44. The van der Waals surface area contributed by atoms with Gasteiger partial charge in [-0.2, -0.15) is 0 Å². The first-order valence-corrected chi connectivity index (χ1v) is 9.29. The number of ether oxygens (including phenoxy) is 2. The van der Waals surface area contributed by atoms with Gasteiger partial charge in [0.1, 0.15) is 0 Å². The number of methoxy groups -OCH3 is 2. The molecule has 5 heteroatoms. The Morgan fingerprint density at radius 2 is 1.80 bits per heavy atom. The van der Waals surface area contributed by atoms with E-state index >= 15 is 0 Å². The summed E-state index contributed by atoms with van der Waals surface area (Å²) in [6.45, 7) is 6.09. The maximum atomic E-state index is 5.28. The third kappa shape index (κ3) is 6.33. The average Bonchev–Trinajstić information content (AvgIpc) is 2.60. The maximum Gasteiger partial charge on any atom is 0.191 e. The largest absolute Gasteiger partial charge is 0.385 e. The van der Waals surface area contributed by atoms with Crippen LogP contribution in [0.15, 0.2) is 29.3 Å².